The van der Waals surface area contributed by atoms with Gasteiger partial charge in [-0.3, -0.25) is 4.79 Å². The summed E-state index contributed by atoms with van der Waals surface area (Å²) >= 11 is 0. The topological polar surface area (TPSA) is 60.9 Å². The second-order valence-electron chi connectivity index (χ2n) is 6.17. The molecule has 0 aliphatic carbocycles. The lowest BCUT2D eigenvalue weighted by Crippen LogP contribution is -2.48. The first-order valence-electron chi connectivity index (χ1n) is 7.79. The molecule has 0 spiro atoms. The lowest BCUT2D eigenvalue weighted by molar-refractivity contribution is -0.135. The molecule has 1 aromatic carbocycles. The Morgan fingerprint density at radius 1 is 1.22 bits per heavy atom. The van der Waals surface area contributed by atoms with Crippen molar-refractivity contribution in [2.24, 2.45) is 5.92 Å². The maximum Gasteiger partial charge on any atom is 0.281 e. The molecule has 1 saturated heterocycles. The molecule has 0 N–H and O–H groups in total. The number of piperidine rings is 1. The van der Waals surface area contributed by atoms with Crippen LogP contribution in [0.2, 0.25) is 0 Å². The van der Waals surface area contributed by atoms with Gasteiger partial charge in [-0.1, -0.05) is 30.3 Å². The van der Waals surface area contributed by atoms with Crippen LogP contribution >= 0.6 is 0 Å². The van der Waals surface area contributed by atoms with Crippen molar-refractivity contribution in [3.63, 3.8) is 0 Å². The van der Waals surface area contributed by atoms with Gasteiger partial charge in [0.25, 0.3) is 10.2 Å². The highest BCUT2D eigenvalue weighted by Gasteiger charge is 2.34. The minimum Gasteiger partial charge on any atom is -0.341 e. The summed E-state index contributed by atoms with van der Waals surface area (Å²) in [6.45, 7) is 1.28. The molecule has 0 bridgehead atoms. The maximum absolute atomic E-state index is 12.6. The number of rotatable bonds is 5. The molecule has 1 amide bonds. The highest BCUT2D eigenvalue weighted by atomic mass is 32.2. The summed E-state index contributed by atoms with van der Waals surface area (Å²) in [5, 5.41) is 0. The first kappa shape index (κ1) is 17.9. The molecule has 6 nitrogen and oxygen atoms in total. The fourth-order valence-corrected chi connectivity index (χ4v) is 4.02. The van der Waals surface area contributed by atoms with Gasteiger partial charge in [-0.05, 0) is 18.4 Å². The predicted molar refractivity (Wildman–Crippen MR) is 89.8 cm³/mol. The van der Waals surface area contributed by atoms with Crippen molar-refractivity contribution >= 4 is 16.1 Å². The van der Waals surface area contributed by atoms with Gasteiger partial charge in [-0.2, -0.15) is 17.0 Å². The number of hydrogen-bond donors (Lipinski definition) is 0. The lowest BCUT2D eigenvalue weighted by Gasteiger charge is -2.34. The smallest absolute Gasteiger partial charge is 0.281 e. The van der Waals surface area contributed by atoms with E-state index in [-0.39, 0.29) is 18.4 Å². The van der Waals surface area contributed by atoms with Crippen molar-refractivity contribution in [1.29, 1.82) is 0 Å². The molecule has 1 aromatic rings. The van der Waals surface area contributed by atoms with Crippen LogP contribution in [0.25, 0.3) is 0 Å². The average molecular weight is 339 g/mol. The monoisotopic (exact) mass is 339 g/mol. The molecule has 0 aromatic heterocycles. The summed E-state index contributed by atoms with van der Waals surface area (Å²) in [6.07, 6.45) is 1.44. The Morgan fingerprint density at radius 2 is 1.87 bits per heavy atom. The van der Waals surface area contributed by atoms with E-state index < -0.39 is 10.2 Å². The minimum absolute atomic E-state index is 0.00695. The van der Waals surface area contributed by atoms with Gasteiger partial charge in [0.15, 0.2) is 0 Å². The standard InChI is InChI=1S/C16H25N3O3S/c1-17(2)23(21,22)19-11-7-10-15(13-19)16(20)18(3)12-14-8-5-4-6-9-14/h4-6,8-9,15H,7,10-13H2,1-3H3/t15-/m1/s1. The Morgan fingerprint density at radius 3 is 2.48 bits per heavy atom. The Hall–Kier alpha value is -1.44. The van der Waals surface area contributed by atoms with Crippen LogP contribution in [0.1, 0.15) is 18.4 Å². The number of benzene rings is 1. The van der Waals surface area contributed by atoms with E-state index in [0.29, 0.717) is 19.5 Å². The molecule has 0 unspecified atom stereocenters. The number of hydrogen-bond acceptors (Lipinski definition) is 3. The summed E-state index contributed by atoms with van der Waals surface area (Å²) < 4.78 is 27.1. The van der Waals surface area contributed by atoms with Crippen molar-refractivity contribution in [3.8, 4) is 0 Å². The van der Waals surface area contributed by atoms with E-state index in [1.807, 2.05) is 30.3 Å². The highest BCUT2D eigenvalue weighted by molar-refractivity contribution is 7.86. The van der Waals surface area contributed by atoms with Gasteiger partial charge in [0.2, 0.25) is 5.91 Å². The Kier molecular flexibility index (Phi) is 5.78. The first-order valence-corrected chi connectivity index (χ1v) is 9.18. The van der Waals surface area contributed by atoms with Crippen molar-refractivity contribution in [2.45, 2.75) is 19.4 Å². The lowest BCUT2D eigenvalue weighted by atomic mass is 9.98. The number of carbonyl (C=O) groups excluding carboxylic acids is 1. The Balaban J connectivity index is 2.02. The number of nitrogens with zero attached hydrogens (tertiary/aromatic N) is 3. The van der Waals surface area contributed by atoms with Gasteiger partial charge in [0.05, 0.1) is 5.92 Å². The molecule has 1 aliphatic heterocycles. The van der Waals surface area contributed by atoms with Crippen LogP contribution < -0.4 is 0 Å². The average Bonchev–Trinajstić information content (AvgIpc) is 2.55. The van der Waals surface area contributed by atoms with E-state index in [2.05, 4.69) is 0 Å². The predicted octanol–water partition coefficient (Wildman–Crippen LogP) is 1.16. The molecule has 1 heterocycles. The molecular formula is C16H25N3O3S. The summed E-state index contributed by atoms with van der Waals surface area (Å²) in [4.78, 5) is 14.3. The molecule has 128 valence electrons. The summed E-state index contributed by atoms with van der Waals surface area (Å²) in [5.41, 5.74) is 1.07. The van der Waals surface area contributed by atoms with E-state index in [1.165, 1.54) is 22.7 Å². The number of carbonyl (C=O) groups is 1. The maximum atomic E-state index is 12.6. The zero-order chi connectivity index (χ0) is 17.0. The fourth-order valence-electron chi connectivity index (χ4n) is 2.83. The SMILES string of the molecule is CN(Cc1ccccc1)C(=O)[C@@H]1CCCN(S(=O)(=O)N(C)C)C1. The third-order valence-electron chi connectivity index (χ3n) is 4.16. The van der Waals surface area contributed by atoms with Crippen LogP contribution in [-0.4, -0.2) is 62.1 Å². The van der Waals surface area contributed by atoms with Crippen LogP contribution in [0.3, 0.4) is 0 Å². The zero-order valence-corrected chi connectivity index (χ0v) is 14.8. The third kappa shape index (κ3) is 4.31. The van der Waals surface area contributed by atoms with Crippen LogP contribution in [-0.2, 0) is 21.5 Å². The molecule has 23 heavy (non-hydrogen) atoms. The van der Waals surface area contributed by atoms with Crippen LogP contribution in [0.5, 0.6) is 0 Å². The van der Waals surface area contributed by atoms with Gasteiger partial charge in [-0.25, -0.2) is 0 Å². The fraction of sp³-hybridized carbons (Fsp3) is 0.562. The van der Waals surface area contributed by atoms with Crippen molar-refractivity contribution in [1.82, 2.24) is 13.5 Å². The third-order valence-corrected chi connectivity index (χ3v) is 6.07. The largest absolute Gasteiger partial charge is 0.341 e. The molecule has 0 radical (unpaired) electrons. The normalized spacial score (nSPS) is 19.7. The van der Waals surface area contributed by atoms with E-state index >= 15 is 0 Å². The van der Waals surface area contributed by atoms with Crippen molar-refractivity contribution in [3.05, 3.63) is 35.9 Å². The van der Waals surface area contributed by atoms with Crippen molar-refractivity contribution in [2.75, 3.05) is 34.2 Å². The van der Waals surface area contributed by atoms with Gasteiger partial charge in [0, 0.05) is 40.8 Å². The number of amides is 1. The van der Waals surface area contributed by atoms with Crippen LogP contribution in [0, 0.1) is 5.92 Å². The van der Waals surface area contributed by atoms with E-state index in [4.69, 9.17) is 0 Å². The van der Waals surface area contributed by atoms with Crippen LogP contribution in [0.15, 0.2) is 30.3 Å². The first-order chi connectivity index (χ1) is 10.8. The van der Waals surface area contributed by atoms with Gasteiger partial charge in [-0.15, -0.1) is 0 Å². The second kappa shape index (κ2) is 7.42. The summed E-state index contributed by atoms with van der Waals surface area (Å²) in [7, 11) is 1.35. The van der Waals surface area contributed by atoms with Gasteiger partial charge < -0.3 is 4.90 Å². The second-order valence-corrected chi connectivity index (χ2v) is 8.31. The Labute approximate surface area is 138 Å². The molecule has 2 rings (SSSR count). The molecule has 1 atom stereocenters. The molecule has 7 heteroatoms. The highest BCUT2D eigenvalue weighted by Crippen LogP contribution is 2.22. The molecular weight excluding hydrogens is 314 g/mol. The van der Waals surface area contributed by atoms with E-state index in [9.17, 15) is 13.2 Å². The molecule has 1 fully saturated rings. The van der Waals surface area contributed by atoms with E-state index in [0.717, 1.165) is 12.0 Å². The van der Waals surface area contributed by atoms with Crippen molar-refractivity contribution < 1.29 is 13.2 Å². The molecule has 1 aliphatic rings. The summed E-state index contributed by atoms with van der Waals surface area (Å²) in [6, 6.07) is 9.79. The van der Waals surface area contributed by atoms with Gasteiger partial charge in [0.1, 0.15) is 0 Å². The minimum atomic E-state index is -3.46. The Bertz CT molecular complexity index is 631. The van der Waals surface area contributed by atoms with Gasteiger partial charge >= 0.3 is 0 Å². The zero-order valence-electron chi connectivity index (χ0n) is 14.0. The summed E-state index contributed by atoms with van der Waals surface area (Å²) in [5.74, 6) is -0.264. The quantitative estimate of drug-likeness (QED) is 0.809. The molecule has 0 saturated carbocycles. The van der Waals surface area contributed by atoms with Crippen LogP contribution in [0.4, 0.5) is 0 Å². The van der Waals surface area contributed by atoms with E-state index in [1.54, 1.807) is 11.9 Å².